The number of hydrogen-bond acceptors (Lipinski definition) is 4. The van der Waals surface area contributed by atoms with E-state index >= 15 is 0 Å². The number of hydrogen-bond donors (Lipinski definition) is 0. The number of nitrogens with zero attached hydrogens (tertiary/aromatic N) is 3. The van der Waals surface area contributed by atoms with E-state index in [1.54, 1.807) is 0 Å². The van der Waals surface area contributed by atoms with Crippen molar-refractivity contribution in [3.05, 3.63) is 66.2 Å². The average molecular weight is 323 g/mol. The van der Waals surface area contributed by atoms with E-state index in [2.05, 4.69) is 70.5 Å². The predicted octanol–water partition coefficient (Wildman–Crippen LogP) is 3.65. The zero-order chi connectivity index (χ0) is 15.5. The standard InChI is InChI=1S/C19H21N3S/c1-3-7-16(8-4-1)18-15-23-19(20-18)22-13-11-21(12-14-22)17-9-5-2-6-10-17/h1-10,18H,11-15H2. The Bertz CT molecular complexity index is 664. The number of aliphatic imine (C=N–C) groups is 1. The smallest absolute Gasteiger partial charge is 0.160 e. The van der Waals surface area contributed by atoms with Gasteiger partial charge in [-0.05, 0) is 17.7 Å². The Balaban J connectivity index is 1.39. The van der Waals surface area contributed by atoms with Gasteiger partial charge >= 0.3 is 0 Å². The molecule has 1 unspecified atom stereocenters. The number of anilines is 1. The highest BCUT2D eigenvalue weighted by Crippen LogP contribution is 2.32. The molecule has 2 aliphatic heterocycles. The lowest BCUT2D eigenvalue weighted by atomic mass is 10.1. The molecule has 0 radical (unpaired) electrons. The van der Waals surface area contributed by atoms with Gasteiger partial charge < -0.3 is 9.80 Å². The van der Waals surface area contributed by atoms with E-state index in [4.69, 9.17) is 4.99 Å². The zero-order valence-electron chi connectivity index (χ0n) is 13.1. The van der Waals surface area contributed by atoms with Crippen molar-refractivity contribution in [1.82, 2.24) is 4.90 Å². The molecule has 1 fully saturated rings. The minimum Gasteiger partial charge on any atom is -0.368 e. The summed E-state index contributed by atoms with van der Waals surface area (Å²) < 4.78 is 0. The van der Waals surface area contributed by atoms with Crippen molar-refractivity contribution < 1.29 is 0 Å². The first kappa shape index (κ1) is 14.6. The lowest BCUT2D eigenvalue weighted by Crippen LogP contribution is -2.47. The maximum Gasteiger partial charge on any atom is 0.160 e. The molecule has 0 spiro atoms. The maximum absolute atomic E-state index is 4.97. The van der Waals surface area contributed by atoms with Gasteiger partial charge in [0.1, 0.15) is 0 Å². The molecular weight excluding hydrogens is 302 g/mol. The van der Waals surface area contributed by atoms with E-state index in [-0.39, 0.29) is 0 Å². The van der Waals surface area contributed by atoms with Crippen LogP contribution in [0.2, 0.25) is 0 Å². The molecule has 4 heteroatoms. The van der Waals surface area contributed by atoms with Crippen LogP contribution < -0.4 is 4.90 Å². The third-order valence-electron chi connectivity index (χ3n) is 4.49. The Labute approximate surface area is 142 Å². The summed E-state index contributed by atoms with van der Waals surface area (Å²) in [4.78, 5) is 9.88. The Kier molecular flexibility index (Phi) is 4.24. The maximum atomic E-state index is 4.97. The topological polar surface area (TPSA) is 18.8 Å². The summed E-state index contributed by atoms with van der Waals surface area (Å²) >= 11 is 1.91. The molecule has 4 rings (SSSR count). The van der Waals surface area contributed by atoms with Crippen LogP contribution >= 0.6 is 11.8 Å². The van der Waals surface area contributed by atoms with Gasteiger partial charge in [0.15, 0.2) is 5.17 Å². The molecule has 0 amide bonds. The highest BCUT2D eigenvalue weighted by molar-refractivity contribution is 8.14. The summed E-state index contributed by atoms with van der Waals surface area (Å²) in [5.41, 5.74) is 2.66. The van der Waals surface area contributed by atoms with Crippen molar-refractivity contribution in [1.29, 1.82) is 0 Å². The number of benzene rings is 2. The van der Waals surface area contributed by atoms with Gasteiger partial charge in [0, 0.05) is 37.6 Å². The fraction of sp³-hybridized carbons (Fsp3) is 0.316. The molecule has 2 heterocycles. The van der Waals surface area contributed by atoms with Crippen LogP contribution in [-0.4, -0.2) is 42.0 Å². The highest BCUT2D eigenvalue weighted by atomic mass is 32.2. The fourth-order valence-electron chi connectivity index (χ4n) is 3.17. The zero-order valence-corrected chi connectivity index (χ0v) is 14.0. The summed E-state index contributed by atoms with van der Waals surface area (Å²) in [6, 6.07) is 21.7. The largest absolute Gasteiger partial charge is 0.368 e. The van der Waals surface area contributed by atoms with Crippen molar-refractivity contribution in [2.24, 2.45) is 4.99 Å². The number of para-hydroxylation sites is 1. The van der Waals surface area contributed by atoms with Crippen molar-refractivity contribution in [3.63, 3.8) is 0 Å². The Morgan fingerprint density at radius 1 is 0.783 bits per heavy atom. The molecule has 0 saturated carbocycles. The molecule has 0 aliphatic carbocycles. The first-order chi connectivity index (χ1) is 11.4. The summed E-state index contributed by atoms with van der Waals surface area (Å²) in [6.07, 6.45) is 0. The predicted molar refractivity (Wildman–Crippen MR) is 99.3 cm³/mol. The molecule has 0 N–H and O–H groups in total. The monoisotopic (exact) mass is 323 g/mol. The molecule has 1 atom stereocenters. The Morgan fingerprint density at radius 3 is 2.09 bits per heavy atom. The molecule has 118 valence electrons. The molecular formula is C19H21N3S. The molecule has 2 aliphatic rings. The number of amidine groups is 1. The molecule has 2 aromatic rings. The first-order valence-electron chi connectivity index (χ1n) is 8.21. The van der Waals surface area contributed by atoms with E-state index < -0.39 is 0 Å². The number of thioether (sulfide) groups is 1. The van der Waals surface area contributed by atoms with Gasteiger partial charge in [0.25, 0.3) is 0 Å². The van der Waals surface area contributed by atoms with Crippen molar-refractivity contribution >= 4 is 22.6 Å². The first-order valence-corrected chi connectivity index (χ1v) is 9.19. The van der Waals surface area contributed by atoms with E-state index in [9.17, 15) is 0 Å². The van der Waals surface area contributed by atoms with E-state index in [0.717, 1.165) is 31.9 Å². The van der Waals surface area contributed by atoms with Gasteiger partial charge in [-0.3, -0.25) is 4.99 Å². The average Bonchev–Trinajstić information content (AvgIpc) is 3.14. The molecule has 23 heavy (non-hydrogen) atoms. The molecule has 1 saturated heterocycles. The lowest BCUT2D eigenvalue weighted by molar-refractivity contribution is 0.391. The second-order valence-electron chi connectivity index (χ2n) is 5.96. The van der Waals surface area contributed by atoms with Crippen LogP contribution in [0.1, 0.15) is 11.6 Å². The molecule has 2 aromatic carbocycles. The second-order valence-corrected chi connectivity index (χ2v) is 6.95. The number of rotatable bonds is 2. The second kappa shape index (κ2) is 6.67. The van der Waals surface area contributed by atoms with Crippen LogP contribution in [0.5, 0.6) is 0 Å². The van der Waals surface area contributed by atoms with Crippen LogP contribution in [0, 0.1) is 0 Å². The van der Waals surface area contributed by atoms with Crippen LogP contribution in [0.4, 0.5) is 5.69 Å². The number of piperazine rings is 1. The van der Waals surface area contributed by atoms with Crippen LogP contribution in [-0.2, 0) is 0 Å². The van der Waals surface area contributed by atoms with Crippen LogP contribution in [0.15, 0.2) is 65.7 Å². The van der Waals surface area contributed by atoms with E-state index in [1.165, 1.54) is 16.4 Å². The fourth-order valence-corrected chi connectivity index (χ4v) is 4.32. The van der Waals surface area contributed by atoms with Crippen molar-refractivity contribution in [2.45, 2.75) is 6.04 Å². The molecule has 0 bridgehead atoms. The molecule has 0 aromatic heterocycles. The minimum absolute atomic E-state index is 0.323. The van der Waals surface area contributed by atoms with E-state index in [1.807, 2.05) is 11.8 Å². The van der Waals surface area contributed by atoms with Gasteiger partial charge in [0.2, 0.25) is 0 Å². The Hall–Kier alpha value is -1.94. The van der Waals surface area contributed by atoms with Crippen molar-refractivity contribution in [3.8, 4) is 0 Å². The normalized spacial score (nSPS) is 21.4. The van der Waals surface area contributed by atoms with Gasteiger partial charge in [0.05, 0.1) is 6.04 Å². The summed E-state index contributed by atoms with van der Waals surface area (Å²) in [6.45, 7) is 4.25. The minimum atomic E-state index is 0.323. The summed E-state index contributed by atoms with van der Waals surface area (Å²) in [7, 11) is 0. The quantitative estimate of drug-likeness (QED) is 0.841. The van der Waals surface area contributed by atoms with Gasteiger partial charge in [-0.1, -0.05) is 60.3 Å². The summed E-state index contributed by atoms with van der Waals surface area (Å²) in [5.74, 6) is 1.07. The summed E-state index contributed by atoms with van der Waals surface area (Å²) in [5, 5.41) is 1.23. The van der Waals surface area contributed by atoms with Gasteiger partial charge in [-0.25, -0.2) is 0 Å². The SMILES string of the molecule is c1ccc(C2CSC(N3CCN(c4ccccc4)CC3)=N2)cc1. The van der Waals surface area contributed by atoms with Gasteiger partial charge in [-0.2, -0.15) is 0 Å². The third-order valence-corrected chi connectivity index (χ3v) is 5.60. The van der Waals surface area contributed by atoms with E-state index in [0.29, 0.717) is 6.04 Å². The lowest BCUT2D eigenvalue weighted by Gasteiger charge is -2.36. The van der Waals surface area contributed by atoms with Crippen molar-refractivity contribution in [2.75, 3.05) is 36.8 Å². The highest BCUT2D eigenvalue weighted by Gasteiger charge is 2.26. The third kappa shape index (κ3) is 3.22. The Morgan fingerprint density at radius 2 is 1.39 bits per heavy atom. The van der Waals surface area contributed by atoms with Crippen LogP contribution in [0.3, 0.4) is 0 Å². The molecule has 3 nitrogen and oxygen atoms in total. The van der Waals surface area contributed by atoms with Crippen LogP contribution in [0.25, 0.3) is 0 Å². The van der Waals surface area contributed by atoms with Gasteiger partial charge in [-0.15, -0.1) is 0 Å².